The summed E-state index contributed by atoms with van der Waals surface area (Å²) >= 11 is 0. The van der Waals surface area contributed by atoms with E-state index >= 15 is 4.39 Å². The second kappa shape index (κ2) is 12.9. The number of aromatic nitrogens is 2. The molecule has 3 heterocycles. The highest BCUT2D eigenvalue weighted by molar-refractivity contribution is 6.14. The van der Waals surface area contributed by atoms with Gasteiger partial charge in [-0.1, -0.05) is 12.7 Å². The molecule has 43 heavy (non-hydrogen) atoms. The van der Waals surface area contributed by atoms with Crippen LogP contribution in [0.15, 0.2) is 59.3 Å². The molecule has 0 saturated carbocycles. The lowest BCUT2D eigenvalue weighted by molar-refractivity contribution is -0.138. The van der Waals surface area contributed by atoms with Gasteiger partial charge >= 0.3 is 6.18 Å². The molecule has 0 aliphatic carbocycles. The summed E-state index contributed by atoms with van der Waals surface area (Å²) in [6.07, 6.45) is -2.09. The van der Waals surface area contributed by atoms with Crippen LogP contribution in [0.2, 0.25) is 0 Å². The van der Waals surface area contributed by atoms with Crippen LogP contribution >= 0.6 is 0 Å². The second-order valence-corrected chi connectivity index (χ2v) is 10.1. The van der Waals surface area contributed by atoms with Crippen molar-refractivity contribution in [1.82, 2.24) is 25.9 Å². The number of fused-ring (bicyclic) bond motifs is 1. The Balaban J connectivity index is 1.91. The van der Waals surface area contributed by atoms with Gasteiger partial charge in [0.05, 0.1) is 35.3 Å². The van der Waals surface area contributed by atoms with E-state index in [4.69, 9.17) is 10.5 Å². The Bertz CT molecular complexity index is 1500. The van der Waals surface area contributed by atoms with Gasteiger partial charge in [-0.15, -0.1) is 0 Å². The van der Waals surface area contributed by atoms with Gasteiger partial charge in [0.1, 0.15) is 23.3 Å². The highest BCUT2D eigenvalue weighted by Crippen LogP contribution is 2.41. The zero-order valence-corrected chi connectivity index (χ0v) is 23.8. The topological polar surface area (TPSA) is 127 Å². The molecule has 3 atom stereocenters. The van der Waals surface area contributed by atoms with Crippen LogP contribution in [0.4, 0.5) is 27.6 Å². The minimum Gasteiger partial charge on any atom is -0.396 e. The minimum atomic E-state index is -5.09. The molecule has 1 amide bonds. The van der Waals surface area contributed by atoms with E-state index in [1.165, 1.54) is 6.20 Å². The molecule has 1 saturated heterocycles. The summed E-state index contributed by atoms with van der Waals surface area (Å²) in [5, 5.41) is 8.73. The van der Waals surface area contributed by atoms with Gasteiger partial charge in [0.25, 0.3) is 0 Å². The highest BCUT2D eigenvalue weighted by Gasteiger charge is 2.44. The molecule has 0 radical (unpaired) electrons. The number of nitrogens with one attached hydrogen (secondary N) is 3. The van der Waals surface area contributed by atoms with Crippen LogP contribution in [0, 0.1) is 25.6 Å². The van der Waals surface area contributed by atoms with Crippen LogP contribution in [0.1, 0.15) is 41.6 Å². The van der Waals surface area contributed by atoms with E-state index < -0.39 is 70.1 Å². The zero-order valence-electron chi connectivity index (χ0n) is 23.8. The van der Waals surface area contributed by atoms with Crippen molar-refractivity contribution in [2.75, 3.05) is 18.8 Å². The fourth-order valence-electron chi connectivity index (χ4n) is 5.03. The number of aryl methyl sites for hydroxylation is 1. The van der Waals surface area contributed by atoms with Crippen molar-refractivity contribution in [3.8, 4) is 0 Å². The first-order valence-electron chi connectivity index (χ1n) is 13.5. The van der Waals surface area contributed by atoms with Crippen molar-refractivity contribution in [2.24, 2.45) is 10.9 Å². The molecule has 1 aromatic heterocycles. The number of anilines is 1. The number of carbonyl (C=O) groups excluding carboxylic acids is 1. The number of ether oxygens (including phenoxy) is 1. The zero-order chi connectivity index (χ0) is 31.5. The Labute approximate surface area is 245 Å². The maximum Gasteiger partial charge on any atom is 0.417 e. The summed E-state index contributed by atoms with van der Waals surface area (Å²) in [5.74, 6) is -4.16. The SMILES string of the molecule is C=C/C=C1/C[C@H](C)OC2N=C(c3cc(N)c(F)c(C)c3C(F)(F)F)C(F)=C(NCc3ccnc(C)n3)C2C(=O)NCCN1. The van der Waals surface area contributed by atoms with Crippen LogP contribution in [-0.4, -0.2) is 47.0 Å². The third kappa shape index (κ3) is 7.01. The fourth-order valence-corrected chi connectivity index (χ4v) is 5.03. The molecule has 0 bridgehead atoms. The third-order valence-electron chi connectivity index (χ3n) is 6.91. The van der Waals surface area contributed by atoms with Crippen LogP contribution in [0.5, 0.6) is 0 Å². The lowest BCUT2D eigenvalue weighted by atomic mass is 9.90. The molecule has 9 nitrogen and oxygen atoms in total. The number of nitrogens with two attached hydrogens (primary N) is 1. The smallest absolute Gasteiger partial charge is 0.396 e. The van der Waals surface area contributed by atoms with Crippen LogP contribution in [-0.2, 0) is 22.3 Å². The Morgan fingerprint density at radius 1 is 1.23 bits per heavy atom. The number of hydrogen-bond acceptors (Lipinski definition) is 8. The number of hydrogen-bond donors (Lipinski definition) is 4. The van der Waals surface area contributed by atoms with E-state index in [1.54, 1.807) is 32.1 Å². The van der Waals surface area contributed by atoms with Crippen molar-refractivity contribution < 1.29 is 31.5 Å². The van der Waals surface area contributed by atoms with Crippen molar-refractivity contribution in [1.29, 1.82) is 0 Å². The molecule has 14 heteroatoms. The lowest BCUT2D eigenvalue weighted by Crippen LogP contribution is -2.47. The number of nitrogens with zero attached hydrogens (tertiary/aromatic N) is 3. The molecule has 2 aliphatic rings. The molecule has 5 N–H and O–H groups in total. The highest BCUT2D eigenvalue weighted by atomic mass is 19.4. The molecule has 230 valence electrons. The first-order chi connectivity index (χ1) is 20.3. The maximum absolute atomic E-state index is 16.5. The Kier molecular flexibility index (Phi) is 9.48. The number of benzene rings is 1. The predicted octanol–water partition coefficient (Wildman–Crippen LogP) is 4.13. The maximum atomic E-state index is 16.5. The van der Waals surface area contributed by atoms with E-state index in [0.29, 0.717) is 30.6 Å². The summed E-state index contributed by atoms with van der Waals surface area (Å²) in [6.45, 7) is 8.32. The molecular weight excluding hydrogens is 573 g/mol. The molecule has 2 aromatic rings. The number of halogens is 5. The number of nitrogen functional groups attached to an aromatic ring is 1. The normalized spacial score (nSPS) is 22.6. The van der Waals surface area contributed by atoms with Crippen molar-refractivity contribution in [3.05, 3.63) is 88.3 Å². The van der Waals surface area contributed by atoms with E-state index in [9.17, 15) is 22.4 Å². The van der Waals surface area contributed by atoms with Gasteiger partial charge in [-0.3, -0.25) is 4.79 Å². The number of aliphatic imine (C=N–C) groups is 1. The Hall–Kier alpha value is -4.33. The van der Waals surface area contributed by atoms with Gasteiger partial charge in [0, 0.05) is 37.0 Å². The molecule has 2 aliphatic heterocycles. The number of rotatable bonds is 5. The van der Waals surface area contributed by atoms with Gasteiger partial charge in [-0.2, -0.15) is 13.2 Å². The molecular formula is C29H32F5N7O2. The Morgan fingerprint density at radius 2 is 1.95 bits per heavy atom. The molecule has 1 fully saturated rings. The molecule has 2 unspecified atom stereocenters. The number of allylic oxidation sites excluding steroid dienone is 3. The molecule has 4 rings (SSSR count). The monoisotopic (exact) mass is 605 g/mol. The second-order valence-electron chi connectivity index (χ2n) is 10.1. The number of carbonyl (C=O) groups is 1. The first-order valence-corrected chi connectivity index (χ1v) is 13.5. The van der Waals surface area contributed by atoms with Gasteiger partial charge < -0.3 is 26.4 Å². The standard InChI is InChI=1S/C29H32F5N7O2/c1-5-6-17-11-14(2)43-28-21(27(42)38-10-9-37-17)26(39-13-18-7-8-36-16(4)40-18)24(31)25(41-28)19-12-20(35)23(30)15(3)22(19)29(32,33)34/h5-8,12,14,21,28,37,39H,1,9-11,13,35H2,2-4H3,(H,38,42)/b17-6-/t14-,21?,28?/m0/s1. The van der Waals surface area contributed by atoms with Crippen molar-refractivity contribution in [3.63, 3.8) is 0 Å². The van der Waals surface area contributed by atoms with Gasteiger partial charge in [-0.05, 0) is 44.5 Å². The van der Waals surface area contributed by atoms with Gasteiger partial charge in [-0.25, -0.2) is 23.7 Å². The van der Waals surface area contributed by atoms with E-state index in [2.05, 4.69) is 37.5 Å². The first kappa shape index (κ1) is 31.6. The fraction of sp³-hybridized carbons (Fsp3) is 0.379. The summed E-state index contributed by atoms with van der Waals surface area (Å²) in [7, 11) is 0. The number of amides is 1. The average molecular weight is 606 g/mol. The quantitative estimate of drug-likeness (QED) is 0.298. The van der Waals surface area contributed by atoms with E-state index in [0.717, 1.165) is 12.6 Å². The molecule has 1 aromatic carbocycles. The van der Waals surface area contributed by atoms with Crippen molar-refractivity contribution in [2.45, 2.75) is 52.2 Å². The summed E-state index contributed by atoms with van der Waals surface area (Å²) in [6, 6.07) is 2.26. The summed E-state index contributed by atoms with van der Waals surface area (Å²) < 4.78 is 80.1. The van der Waals surface area contributed by atoms with E-state index in [-0.39, 0.29) is 18.8 Å². The summed E-state index contributed by atoms with van der Waals surface area (Å²) in [4.78, 5) is 26.0. The minimum absolute atomic E-state index is 0.101. The van der Waals surface area contributed by atoms with E-state index in [1.807, 2.05) is 0 Å². The van der Waals surface area contributed by atoms with Crippen molar-refractivity contribution >= 4 is 17.3 Å². The van der Waals surface area contributed by atoms with Crippen LogP contribution in [0.3, 0.4) is 0 Å². The number of alkyl halides is 3. The average Bonchev–Trinajstić information content (AvgIpc) is 2.94. The number of dihydropyridines is 1. The lowest BCUT2D eigenvalue weighted by Gasteiger charge is -2.33. The summed E-state index contributed by atoms with van der Waals surface area (Å²) in [5.41, 5.74) is 2.08. The van der Waals surface area contributed by atoms with Crippen LogP contribution in [0.25, 0.3) is 0 Å². The third-order valence-corrected chi connectivity index (χ3v) is 6.91. The predicted molar refractivity (Wildman–Crippen MR) is 151 cm³/mol. The van der Waals surface area contributed by atoms with Crippen LogP contribution < -0.4 is 21.7 Å². The largest absolute Gasteiger partial charge is 0.417 e. The Morgan fingerprint density at radius 3 is 2.63 bits per heavy atom. The molecule has 0 spiro atoms. The van der Waals surface area contributed by atoms with Gasteiger partial charge in [0.2, 0.25) is 5.91 Å². The van der Waals surface area contributed by atoms with Gasteiger partial charge in [0.15, 0.2) is 12.1 Å².